The molecule has 0 aromatic carbocycles. The average molecular weight is 351 g/mol. The van der Waals surface area contributed by atoms with E-state index in [9.17, 15) is 22.4 Å². The lowest BCUT2D eigenvalue weighted by molar-refractivity contribution is -0.0878. The molecule has 1 fully saturated rings. The summed E-state index contributed by atoms with van der Waals surface area (Å²) >= 11 is 0. The van der Waals surface area contributed by atoms with E-state index >= 15 is 0 Å². The Kier molecular flexibility index (Phi) is 4.83. The van der Waals surface area contributed by atoms with Gasteiger partial charge >= 0.3 is 6.09 Å². The Morgan fingerprint density at radius 1 is 1.46 bits per heavy atom. The third-order valence-electron chi connectivity index (χ3n) is 3.84. The van der Waals surface area contributed by atoms with E-state index in [4.69, 9.17) is 0 Å². The molecule has 1 amide bonds. The molecule has 136 valence electrons. The number of nitrogens with one attached hydrogen (secondary N) is 1. The predicted molar refractivity (Wildman–Crippen MR) is 79.8 cm³/mol. The molecule has 0 unspecified atom stereocenters. The minimum atomic E-state index is -3.13. The number of rotatable bonds is 5. The highest BCUT2D eigenvalue weighted by Gasteiger charge is 2.48. The van der Waals surface area contributed by atoms with Gasteiger partial charge in [-0.1, -0.05) is 13.8 Å². The molecule has 1 heterocycles. The first-order valence-corrected chi connectivity index (χ1v) is 7.66. The molecule has 1 aliphatic rings. The summed E-state index contributed by atoms with van der Waals surface area (Å²) in [5.74, 6) is -6.01. The monoisotopic (exact) mass is 351 g/mol. The molecule has 2 rings (SSSR count). The molecule has 1 aromatic rings. The fourth-order valence-electron chi connectivity index (χ4n) is 2.76. The molecular formula is C15H21F4N3O2. The van der Waals surface area contributed by atoms with Gasteiger partial charge in [-0.15, -0.1) is 0 Å². The Labute approximate surface area is 137 Å². The summed E-state index contributed by atoms with van der Waals surface area (Å²) in [5.41, 5.74) is 1.13. The summed E-state index contributed by atoms with van der Waals surface area (Å²) in [4.78, 5) is 11.7. The van der Waals surface area contributed by atoms with E-state index in [-0.39, 0.29) is 30.5 Å². The second-order valence-electron chi connectivity index (χ2n) is 6.66. The van der Waals surface area contributed by atoms with Gasteiger partial charge in [0.05, 0.1) is 5.69 Å². The van der Waals surface area contributed by atoms with Crippen molar-refractivity contribution in [1.29, 1.82) is 0 Å². The van der Waals surface area contributed by atoms with Crippen LogP contribution < -0.4 is 5.32 Å². The largest absolute Gasteiger partial charge is 0.443 e. The Hall–Kier alpha value is -1.80. The van der Waals surface area contributed by atoms with Gasteiger partial charge in [-0.3, -0.25) is 10.00 Å². The molecule has 0 aliphatic heterocycles. The number of carbonyl (C=O) groups is 1. The van der Waals surface area contributed by atoms with Crippen molar-refractivity contribution in [3.05, 3.63) is 11.3 Å². The molecule has 0 saturated heterocycles. The van der Waals surface area contributed by atoms with Crippen LogP contribution in [0.2, 0.25) is 0 Å². The van der Waals surface area contributed by atoms with Crippen LogP contribution in [-0.2, 0) is 11.8 Å². The van der Waals surface area contributed by atoms with Crippen LogP contribution in [0.4, 0.5) is 28.2 Å². The van der Waals surface area contributed by atoms with Gasteiger partial charge in [0.15, 0.2) is 6.61 Å². The van der Waals surface area contributed by atoms with Crippen LogP contribution in [0.1, 0.15) is 56.7 Å². The predicted octanol–water partition coefficient (Wildman–Crippen LogP) is 4.26. The summed E-state index contributed by atoms with van der Waals surface area (Å²) in [6.45, 7) is 3.27. The molecule has 0 spiro atoms. The van der Waals surface area contributed by atoms with Crippen LogP contribution in [-0.4, -0.2) is 34.3 Å². The van der Waals surface area contributed by atoms with Crippen LogP contribution in [0.3, 0.4) is 0 Å². The maximum atomic E-state index is 13.1. The standard InChI is InChI=1S/C15H21F4N3O2/c1-8(2)10-11(9-5-15(18,19)6-9)21-22(4)12(10)20-13(23)24-7-14(3,16)17/h8-9H,5-7H2,1-4H3,(H,20,23). The molecule has 0 bridgehead atoms. The summed E-state index contributed by atoms with van der Waals surface area (Å²) in [7, 11) is 1.55. The van der Waals surface area contributed by atoms with E-state index in [1.54, 1.807) is 7.05 Å². The molecule has 1 N–H and O–H groups in total. The van der Waals surface area contributed by atoms with Crippen molar-refractivity contribution in [3.63, 3.8) is 0 Å². The van der Waals surface area contributed by atoms with Crippen molar-refractivity contribution in [3.8, 4) is 0 Å². The van der Waals surface area contributed by atoms with Gasteiger partial charge in [0.25, 0.3) is 5.92 Å². The van der Waals surface area contributed by atoms with Gasteiger partial charge in [0.2, 0.25) is 5.92 Å². The van der Waals surface area contributed by atoms with Crippen molar-refractivity contribution in [1.82, 2.24) is 9.78 Å². The Balaban J connectivity index is 2.18. The van der Waals surface area contributed by atoms with Gasteiger partial charge in [-0.2, -0.15) is 5.10 Å². The zero-order chi connectivity index (χ0) is 18.3. The van der Waals surface area contributed by atoms with Crippen molar-refractivity contribution < 1.29 is 27.1 Å². The van der Waals surface area contributed by atoms with Gasteiger partial charge < -0.3 is 4.74 Å². The number of nitrogens with zero attached hydrogens (tertiary/aromatic N) is 2. The third kappa shape index (κ3) is 4.18. The first-order chi connectivity index (χ1) is 10.9. The van der Waals surface area contributed by atoms with Crippen LogP contribution in [0.15, 0.2) is 0 Å². The number of halogens is 4. The summed E-state index contributed by atoms with van der Waals surface area (Å²) in [6, 6.07) is 0. The lowest BCUT2D eigenvalue weighted by atomic mass is 9.77. The number of amides is 1. The molecule has 1 aromatic heterocycles. The van der Waals surface area contributed by atoms with Crippen LogP contribution in [0.25, 0.3) is 0 Å². The highest BCUT2D eigenvalue weighted by molar-refractivity contribution is 5.85. The summed E-state index contributed by atoms with van der Waals surface area (Å²) < 4.78 is 57.6. The zero-order valence-corrected chi connectivity index (χ0v) is 14.0. The summed E-state index contributed by atoms with van der Waals surface area (Å²) in [5, 5.41) is 6.64. The fraction of sp³-hybridized carbons (Fsp3) is 0.733. The third-order valence-corrected chi connectivity index (χ3v) is 3.84. The topological polar surface area (TPSA) is 56.2 Å². The van der Waals surface area contributed by atoms with Gasteiger partial charge in [-0.25, -0.2) is 22.4 Å². The van der Waals surface area contributed by atoms with E-state index in [1.165, 1.54) is 4.68 Å². The number of hydrogen-bond acceptors (Lipinski definition) is 3. The highest BCUT2D eigenvalue weighted by Crippen LogP contribution is 2.50. The van der Waals surface area contributed by atoms with Crippen molar-refractivity contribution >= 4 is 11.9 Å². The van der Waals surface area contributed by atoms with Crippen LogP contribution in [0, 0.1) is 0 Å². The lowest BCUT2D eigenvalue weighted by Crippen LogP contribution is -2.34. The SMILES string of the molecule is CC(C)c1c(C2CC(F)(F)C2)nn(C)c1NC(=O)OCC(C)(F)F. The first-order valence-electron chi connectivity index (χ1n) is 7.66. The van der Waals surface area contributed by atoms with Gasteiger partial charge in [0, 0.05) is 38.3 Å². The molecule has 9 heteroatoms. The second kappa shape index (κ2) is 6.25. The van der Waals surface area contributed by atoms with E-state index in [1.807, 2.05) is 13.8 Å². The Morgan fingerprint density at radius 2 is 2.04 bits per heavy atom. The van der Waals surface area contributed by atoms with Crippen LogP contribution >= 0.6 is 0 Å². The maximum Gasteiger partial charge on any atom is 0.413 e. The fourth-order valence-corrected chi connectivity index (χ4v) is 2.76. The number of aryl methyl sites for hydroxylation is 1. The van der Waals surface area contributed by atoms with Crippen molar-refractivity contribution in [2.24, 2.45) is 7.05 Å². The van der Waals surface area contributed by atoms with Crippen molar-refractivity contribution in [2.75, 3.05) is 11.9 Å². The zero-order valence-electron chi connectivity index (χ0n) is 14.0. The molecule has 24 heavy (non-hydrogen) atoms. The summed E-state index contributed by atoms with van der Waals surface area (Å²) in [6.07, 6.45) is -1.60. The van der Waals surface area contributed by atoms with Gasteiger partial charge in [-0.05, 0) is 5.92 Å². The number of ether oxygens (including phenoxy) is 1. The normalized spacial score (nSPS) is 17.7. The quantitative estimate of drug-likeness (QED) is 0.807. The molecule has 5 nitrogen and oxygen atoms in total. The number of anilines is 1. The average Bonchev–Trinajstić information content (AvgIpc) is 2.70. The van der Waals surface area contributed by atoms with Gasteiger partial charge in [0.1, 0.15) is 5.82 Å². The molecule has 1 saturated carbocycles. The van der Waals surface area contributed by atoms with E-state index < -0.39 is 24.5 Å². The van der Waals surface area contributed by atoms with Crippen LogP contribution in [0.5, 0.6) is 0 Å². The number of carbonyl (C=O) groups excluding carboxylic acids is 1. The van der Waals surface area contributed by atoms with Crippen molar-refractivity contribution in [2.45, 2.75) is 57.3 Å². The minimum Gasteiger partial charge on any atom is -0.443 e. The Morgan fingerprint density at radius 3 is 2.50 bits per heavy atom. The number of aromatic nitrogens is 2. The number of hydrogen-bond donors (Lipinski definition) is 1. The smallest absolute Gasteiger partial charge is 0.413 e. The first kappa shape index (κ1) is 18.5. The number of alkyl halides is 4. The second-order valence-corrected chi connectivity index (χ2v) is 6.66. The molecule has 1 aliphatic carbocycles. The lowest BCUT2D eigenvalue weighted by Gasteiger charge is -2.34. The Bertz CT molecular complexity index is 615. The van der Waals surface area contributed by atoms with E-state index in [0.29, 0.717) is 18.2 Å². The maximum absolute atomic E-state index is 13.1. The van der Waals surface area contributed by atoms with E-state index in [2.05, 4.69) is 15.2 Å². The highest BCUT2D eigenvalue weighted by atomic mass is 19.3. The van der Waals surface area contributed by atoms with E-state index in [0.717, 1.165) is 0 Å². The minimum absolute atomic E-state index is 0.0918. The molecule has 0 atom stereocenters. The molecular weight excluding hydrogens is 330 g/mol. The molecule has 0 radical (unpaired) electrons.